The van der Waals surface area contributed by atoms with Crippen LogP contribution in [0.2, 0.25) is 0 Å². The summed E-state index contributed by atoms with van der Waals surface area (Å²) in [7, 11) is 0. The minimum Gasteiger partial charge on any atom is -0.481 e. The van der Waals surface area contributed by atoms with E-state index in [-0.39, 0.29) is 17.5 Å². The maximum absolute atomic E-state index is 10.8. The van der Waals surface area contributed by atoms with Crippen molar-refractivity contribution in [3.8, 4) is 0 Å². The Morgan fingerprint density at radius 2 is 2.00 bits per heavy atom. The Bertz CT molecular complexity index is 465. The van der Waals surface area contributed by atoms with Gasteiger partial charge in [0.15, 0.2) is 0 Å². The second-order valence-electron chi connectivity index (χ2n) is 4.57. The van der Waals surface area contributed by atoms with Crippen LogP contribution in [0.25, 0.3) is 0 Å². The second-order valence-corrected chi connectivity index (χ2v) is 4.57. The normalized spacial score (nSPS) is 17.1. The first-order valence-corrected chi connectivity index (χ1v) is 5.71. The number of anilines is 1. The topological polar surface area (TPSA) is 83.7 Å². The first kappa shape index (κ1) is 12.3. The number of aliphatic carboxylic acids is 1. The molecular weight excluding hydrogens is 236 g/mol. The highest BCUT2D eigenvalue weighted by Crippen LogP contribution is 2.30. The molecule has 1 heterocycles. The van der Waals surface area contributed by atoms with Crippen molar-refractivity contribution in [3.63, 3.8) is 0 Å². The van der Waals surface area contributed by atoms with E-state index in [1.54, 1.807) is 19.1 Å². The molecule has 1 atom stereocenters. The molecule has 1 saturated heterocycles. The Hall–Kier alpha value is -2.11. The van der Waals surface area contributed by atoms with E-state index in [9.17, 15) is 14.9 Å². The van der Waals surface area contributed by atoms with Crippen LogP contribution in [0.15, 0.2) is 24.3 Å². The summed E-state index contributed by atoms with van der Waals surface area (Å²) in [6.07, 6.45) is 0. The van der Waals surface area contributed by atoms with Gasteiger partial charge in [0.2, 0.25) is 0 Å². The number of nitro benzene ring substituents is 1. The highest BCUT2D eigenvalue weighted by atomic mass is 16.6. The minimum absolute atomic E-state index is 0.0646. The van der Waals surface area contributed by atoms with Crippen molar-refractivity contribution in [1.82, 2.24) is 0 Å². The van der Waals surface area contributed by atoms with Crippen LogP contribution in [0.4, 0.5) is 11.4 Å². The van der Waals surface area contributed by atoms with Crippen LogP contribution >= 0.6 is 0 Å². The van der Waals surface area contributed by atoms with Gasteiger partial charge in [0.25, 0.3) is 5.69 Å². The van der Waals surface area contributed by atoms with E-state index >= 15 is 0 Å². The number of rotatable bonds is 4. The van der Waals surface area contributed by atoms with Gasteiger partial charge in [-0.05, 0) is 12.1 Å². The first-order valence-electron chi connectivity index (χ1n) is 5.71. The molecule has 1 unspecified atom stereocenters. The number of hydrogen-bond donors (Lipinski definition) is 1. The number of hydrogen-bond acceptors (Lipinski definition) is 4. The van der Waals surface area contributed by atoms with Crippen molar-refractivity contribution < 1.29 is 14.8 Å². The third-order valence-electron chi connectivity index (χ3n) is 3.43. The summed E-state index contributed by atoms with van der Waals surface area (Å²) in [5, 5.41) is 19.4. The number of nitro groups is 1. The molecule has 0 radical (unpaired) electrons. The van der Waals surface area contributed by atoms with Crippen LogP contribution in [0.3, 0.4) is 0 Å². The van der Waals surface area contributed by atoms with Gasteiger partial charge >= 0.3 is 5.97 Å². The fraction of sp³-hybridized carbons (Fsp3) is 0.417. The lowest BCUT2D eigenvalue weighted by molar-refractivity contribution is -0.384. The maximum Gasteiger partial charge on any atom is 0.306 e. The van der Waals surface area contributed by atoms with Gasteiger partial charge in [-0.15, -0.1) is 0 Å². The molecule has 1 aromatic carbocycles. The minimum atomic E-state index is -0.775. The molecule has 6 heteroatoms. The summed E-state index contributed by atoms with van der Waals surface area (Å²) >= 11 is 0. The molecule has 1 N–H and O–H groups in total. The van der Waals surface area contributed by atoms with E-state index in [0.29, 0.717) is 13.1 Å². The fourth-order valence-electron chi connectivity index (χ4n) is 2.03. The molecule has 1 fully saturated rings. The molecular formula is C12H14N2O4. The second kappa shape index (κ2) is 4.64. The summed E-state index contributed by atoms with van der Waals surface area (Å²) < 4.78 is 0. The summed E-state index contributed by atoms with van der Waals surface area (Å²) in [4.78, 5) is 22.9. The molecule has 2 rings (SSSR count). The SMILES string of the molecule is CC(C(=O)O)C1CN(c2ccc([N+](=O)[O-])cc2)C1. The zero-order chi connectivity index (χ0) is 13.3. The van der Waals surface area contributed by atoms with Crippen LogP contribution < -0.4 is 4.90 Å². The Kier molecular flexibility index (Phi) is 3.18. The molecule has 6 nitrogen and oxygen atoms in total. The van der Waals surface area contributed by atoms with Crippen molar-refractivity contribution in [2.45, 2.75) is 6.92 Å². The van der Waals surface area contributed by atoms with E-state index in [1.165, 1.54) is 12.1 Å². The molecule has 18 heavy (non-hydrogen) atoms. The van der Waals surface area contributed by atoms with E-state index in [1.807, 2.05) is 4.90 Å². The Balaban J connectivity index is 1.96. The molecule has 96 valence electrons. The van der Waals surface area contributed by atoms with Gasteiger partial charge in [-0.3, -0.25) is 14.9 Å². The number of carboxylic acids is 1. The maximum atomic E-state index is 10.8. The zero-order valence-electron chi connectivity index (χ0n) is 9.94. The third kappa shape index (κ3) is 2.27. The van der Waals surface area contributed by atoms with E-state index in [4.69, 9.17) is 5.11 Å². The highest BCUT2D eigenvalue weighted by molar-refractivity contribution is 5.70. The Morgan fingerprint density at radius 3 is 2.44 bits per heavy atom. The van der Waals surface area contributed by atoms with E-state index < -0.39 is 10.9 Å². The lowest BCUT2D eigenvalue weighted by atomic mass is 9.87. The summed E-state index contributed by atoms with van der Waals surface area (Å²) in [6, 6.07) is 6.31. The Morgan fingerprint density at radius 1 is 1.44 bits per heavy atom. The van der Waals surface area contributed by atoms with Crippen LogP contribution in [-0.2, 0) is 4.79 Å². The van der Waals surface area contributed by atoms with Gasteiger partial charge < -0.3 is 10.0 Å². The molecule has 0 saturated carbocycles. The molecule has 1 aromatic rings. The molecule has 0 bridgehead atoms. The number of carboxylic acid groups (broad SMARTS) is 1. The number of nitrogens with zero attached hydrogens (tertiary/aromatic N) is 2. The van der Waals surface area contributed by atoms with E-state index in [2.05, 4.69) is 0 Å². The summed E-state index contributed by atoms with van der Waals surface area (Å²) in [6.45, 7) is 3.08. The van der Waals surface area contributed by atoms with Crippen LogP contribution in [-0.4, -0.2) is 29.1 Å². The van der Waals surface area contributed by atoms with Crippen molar-refractivity contribution in [1.29, 1.82) is 0 Å². The molecule has 1 aliphatic heterocycles. The number of carbonyl (C=O) groups is 1. The van der Waals surface area contributed by atoms with Crippen molar-refractivity contribution >= 4 is 17.3 Å². The number of benzene rings is 1. The van der Waals surface area contributed by atoms with Crippen molar-refractivity contribution in [3.05, 3.63) is 34.4 Å². The lowest BCUT2D eigenvalue weighted by Crippen LogP contribution is -2.51. The van der Waals surface area contributed by atoms with Crippen LogP contribution in [0, 0.1) is 22.0 Å². The van der Waals surface area contributed by atoms with Crippen LogP contribution in [0.1, 0.15) is 6.92 Å². The highest BCUT2D eigenvalue weighted by Gasteiger charge is 2.34. The monoisotopic (exact) mass is 250 g/mol. The lowest BCUT2D eigenvalue weighted by Gasteiger charge is -2.42. The van der Waals surface area contributed by atoms with Gasteiger partial charge in [0.05, 0.1) is 10.8 Å². The predicted molar refractivity (Wildman–Crippen MR) is 65.6 cm³/mol. The molecule has 0 amide bonds. The van der Waals surface area contributed by atoms with Crippen molar-refractivity contribution in [2.75, 3.05) is 18.0 Å². The molecule has 0 aromatic heterocycles. The van der Waals surface area contributed by atoms with Gasteiger partial charge in [-0.1, -0.05) is 6.92 Å². The Labute approximate surface area is 104 Å². The molecule has 0 aliphatic carbocycles. The number of non-ortho nitro benzene ring substituents is 1. The first-order chi connectivity index (χ1) is 8.49. The van der Waals surface area contributed by atoms with Gasteiger partial charge in [0, 0.05) is 36.8 Å². The van der Waals surface area contributed by atoms with Crippen LogP contribution in [0.5, 0.6) is 0 Å². The fourth-order valence-corrected chi connectivity index (χ4v) is 2.03. The van der Waals surface area contributed by atoms with Crippen molar-refractivity contribution in [2.24, 2.45) is 11.8 Å². The zero-order valence-corrected chi connectivity index (χ0v) is 9.94. The average Bonchev–Trinajstić information content (AvgIpc) is 2.27. The smallest absolute Gasteiger partial charge is 0.306 e. The average molecular weight is 250 g/mol. The quantitative estimate of drug-likeness (QED) is 0.650. The molecule has 1 aliphatic rings. The summed E-state index contributed by atoms with van der Waals surface area (Å²) in [5.74, 6) is -0.972. The standard InChI is InChI=1S/C12H14N2O4/c1-8(12(15)16)9-6-13(7-9)10-2-4-11(5-3-10)14(17)18/h2-5,8-9H,6-7H2,1H3,(H,15,16). The largest absolute Gasteiger partial charge is 0.481 e. The molecule has 0 spiro atoms. The predicted octanol–water partition coefficient (Wildman–Crippen LogP) is 1.75. The summed E-state index contributed by atoms with van der Waals surface area (Å²) in [5.41, 5.74) is 0.962. The van der Waals surface area contributed by atoms with E-state index in [0.717, 1.165) is 5.69 Å². The third-order valence-corrected chi connectivity index (χ3v) is 3.43. The van der Waals surface area contributed by atoms with Gasteiger partial charge in [-0.25, -0.2) is 0 Å². The van der Waals surface area contributed by atoms with Gasteiger partial charge in [0.1, 0.15) is 0 Å². The van der Waals surface area contributed by atoms with Gasteiger partial charge in [-0.2, -0.15) is 0 Å².